The minimum Gasteiger partial charge on any atom is -0.375 e. The molecule has 12 heteroatoms. The van der Waals surface area contributed by atoms with Crippen LogP contribution in [0.25, 0.3) is 11.0 Å². The normalized spacial score (nSPS) is 23.2. The quantitative estimate of drug-likeness (QED) is 0.426. The van der Waals surface area contributed by atoms with Gasteiger partial charge in [-0.05, 0) is 43.2 Å². The summed E-state index contributed by atoms with van der Waals surface area (Å²) in [4.78, 5) is 23.8. The number of piperidine rings is 2. The summed E-state index contributed by atoms with van der Waals surface area (Å²) in [5.74, 6) is 1.24. The second-order valence-corrected chi connectivity index (χ2v) is 12.2. The van der Waals surface area contributed by atoms with E-state index >= 15 is 0 Å². The molecule has 3 N–H and O–H groups in total. The van der Waals surface area contributed by atoms with Gasteiger partial charge in [-0.1, -0.05) is 26.0 Å². The van der Waals surface area contributed by atoms with Crippen LogP contribution in [0.5, 0.6) is 0 Å². The fourth-order valence-electron chi connectivity index (χ4n) is 5.52. The van der Waals surface area contributed by atoms with Crippen molar-refractivity contribution in [3.8, 4) is 0 Å². The smallest absolute Gasteiger partial charge is 0.245 e. The van der Waals surface area contributed by atoms with Gasteiger partial charge in [-0.2, -0.15) is 9.40 Å². The standard InChI is InChI=1S/C25H34N8O3S/c1-17-10-18(2)14-33(13-17)37(35,36)22-8-4-3-7-21(22)26-12-23(34)30-19-6-5-9-32(15-19)25-20-11-29-31-24(20)27-16-28-25/h3-4,7-8,11,16-19,26H,5-6,9-10,12-15H2,1-2H3,(H,30,34)(H,27,28,29,31)/t17?,18?,19-/m1/s1. The fourth-order valence-corrected chi connectivity index (χ4v) is 7.37. The van der Waals surface area contributed by atoms with E-state index < -0.39 is 10.0 Å². The molecule has 0 spiro atoms. The Morgan fingerprint density at radius 2 is 1.92 bits per heavy atom. The average molecular weight is 527 g/mol. The van der Waals surface area contributed by atoms with Gasteiger partial charge in [0, 0.05) is 32.2 Å². The number of para-hydroxylation sites is 1. The first-order valence-corrected chi connectivity index (χ1v) is 14.3. The number of amides is 1. The van der Waals surface area contributed by atoms with Crippen molar-refractivity contribution in [3.05, 3.63) is 36.8 Å². The number of carbonyl (C=O) groups excluding carboxylic acids is 1. The maximum atomic E-state index is 13.5. The van der Waals surface area contributed by atoms with Gasteiger partial charge < -0.3 is 15.5 Å². The average Bonchev–Trinajstić information content (AvgIpc) is 3.36. The lowest BCUT2D eigenvalue weighted by molar-refractivity contribution is -0.120. The van der Waals surface area contributed by atoms with E-state index in [0.717, 1.165) is 37.0 Å². The third kappa shape index (κ3) is 5.54. The van der Waals surface area contributed by atoms with Crippen molar-refractivity contribution in [2.24, 2.45) is 11.8 Å². The van der Waals surface area contributed by atoms with E-state index in [-0.39, 0.29) is 23.4 Å². The van der Waals surface area contributed by atoms with Crippen LogP contribution in [-0.4, -0.2) is 77.6 Å². The van der Waals surface area contributed by atoms with Gasteiger partial charge in [0.25, 0.3) is 0 Å². The number of sulfonamides is 1. The van der Waals surface area contributed by atoms with Gasteiger partial charge in [-0.3, -0.25) is 9.89 Å². The second-order valence-electron chi connectivity index (χ2n) is 10.3. The molecule has 198 valence electrons. The monoisotopic (exact) mass is 526 g/mol. The Morgan fingerprint density at radius 1 is 1.14 bits per heavy atom. The van der Waals surface area contributed by atoms with Gasteiger partial charge in [0.15, 0.2) is 5.65 Å². The van der Waals surface area contributed by atoms with E-state index in [4.69, 9.17) is 0 Å². The lowest BCUT2D eigenvalue weighted by Gasteiger charge is -2.34. The van der Waals surface area contributed by atoms with Gasteiger partial charge in [-0.15, -0.1) is 0 Å². The molecule has 2 aromatic heterocycles. The molecular weight excluding hydrogens is 492 g/mol. The summed E-state index contributed by atoms with van der Waals surface area (Å²) >= 11 is 0. The van der Waals surface area contributed by atoms with Gasteiger partial charge in [-0.25, -0.2) is 18.4 Å². The number of fused-ring (bicyclic) bond motifs is 1. The van der Waals surface area contributed by atoms with E-state index in [0.29, 0.717) is 42.8 Å². The maximum absolute atomic E-state index is 13.5. The number of H-pyrrole nitrogens is 1. The van der Waals surface area contributed by atoms with Crippen LogP contribution in [0.4, 0.5) is 11.5 Å². The lowest BCUT2D eigenvalue weighted by Crippen LogP contribution is -2.49. The number of benzene rings is 1. The number of aromatic nitrogens is 4. The van der Waals surface area contributed by atoms with Gasteiger partial charge >= 0.3 is 0 Å². The molecule has 11 nitrogen and oxygen atoms in total. The molecule has 0 saturated carbocycles. The van der Waals surface area contributed by atoms with Crippen LogP contribution in [0.2, 0.25) is 0 Å². The van der Waals surface area contributed by atoms with E-state index in [1.807, 2.05) is 0 Å². The second kappa shape index (κ2) is 10.6. The Labute approximate surface area is 217 Å². The SMILES string of the molecule is CC1CC(C)CN(S(=O)(=O)c2ccccc2NCC(=O)N[C@@H]2CCCN(c3ncnc4[nH]ncc34)C2)C1. The Hall–Kier alpha value is -3.25. The molecule has 2 fully saturated rings. The highest BCUT2D eigenvalue weighted by Gasteiger charge is 2.33. The number of hydrogen-bond acceptors (Lipinski definition) is 8. The molecule has 2 saturated heterocycles. The third-order valence-electron chi connectivity index (χ3n) is 7.09. The molecule has 1 aromatic carbocycles. The number of carbonyl (C=O) groups is 1. The van der Waals surface area contributed by atoms with E-state index in [1.165, 1.54) is 6.33 Å². The largest absolute Gasteiger partial charge is 0.375 e. The summed E-state index contributed by atoms with van der Waals surface area (Å²) in [6.07, 6.45) is 6.02. The molecule has 0 bridgehead atoms. The molecule has 2 aliphatic heterocycles. The molecule has 0 radical (unpaired) electrons. The number of aromatic amines is 1. The Balaban J connectivity index is 1.22. The summed E-state index contributed by atoms with van der Waals surface area (Å²) in [5.41, 5.74) is 1.12. The third-order valence-corrected chi connectivity index (χ3v) is 8.98. The first kappa shape index (κ1) is 25.4. The van der Waals surface area contributed by atoms with Gasteiger partial charge in [0.2, 0.25) is 15.9 Å². The van der Waals surface area contributed by atoms with Crippen molar-refractivity contribution >= 4 is 38.5 Å². The Kier molecular flexibility index (Phi) is 7.29. The zero-order chi connectivity index (χ0) is 26.0. The van der Waals surface area contributed by atoms with Gasteiger partial charge in [0.05, 0.1) is 23.8 Å². The van der Waals surface area contributed by atoms with E-state index in [9.17, 15) is 13.2 Å². The zero-order valence-electron chi connectivity index (χ0n) is 21.2. The first-order valence-electron chi connectivity index (χ1n) is 12.8. The van der Waals surface area contributed by atoms with Crippen LogP contribution in [0, 0.1) is 11.8 Å². The Bertz CT molecular complexity index is 1350. The predicted molar refractivity (Wildman–Crippen MR) is 142 cm³/mol. The highest BCUT2D eigenvalue weighted by Crippen LogP contribution is 2.30. The summed E-state index contributed by atoms with van der Waals surface area (Å²) in [6.45, 7) is 6.63. The topological polar surface area (TPSA) is 136 Å². The summed E-state index contributed by atoms with van der Waals surface area (Å²) in [7, 11) is -3.67. The zero-order valence-corrected chi connectivity index (χ0v) is 22.0. The summed E-state index contributed by atoms with van der Waals surface area (Å²) in [5, 5.41) is 13.9. The molecule has 3 aromatic rings. The van der Waals surface area contributed by atoms with Crippen molar-refractivity contribution in [3.63, 3.8) is 0 Å². The minimum atomic E-state index is -3.67. The van der Waals surface area contributed by atoms with Crippen LogP contribution < -0.4 is 15.5 Å². The number of anilines is 2. The molecule has 0 aliphatic carbocycles. The van der Waals surface area contributed by atoms with Crippen molar-refractivity contribution < 1.29 is 13.2 Å². The molecule has 3 atom stereocenters. The molecule has 5 rings (SSSR count). The van der Waals surface area contributed by atoms with E-state index in [2.05, 4.69) is 49.5 Å². The molecule has 37 heavy (non-hydrogen) atoms. The molecule has 2 unspecified atom stereocenters. The fraction of sp³-hybridized carbons (Fsp3) is 0.520. The minimum absolute atomic E-state index is 0.0185. The lowest BCUT2D eigenvalue weighted by atomic mass is 9.94. The highest BCUT2D eigenvalue weighted by atomic mass is 32.2. The summed E-state index contributed by atoms with van der Waals surface area (Å²) in [6, 6.07) is 6.77. The Morgan fingerprint density at radius 3 is 2.73 bits per heavy atom. The maximum Gasteiger partial charge on any atom is 0.245 e. The van der Waals surface area contributed by atoms with Crippen molar-refractivity contribution in [2.75, 3.05) is 42.9 Å². The summed E-state index contributed by atoms with van der Waals surface area (Å²) < 4.78 is 28.5. The predicted octanol–water partition coefficient (Wildman–Crippen LogP) is 2.22. The van der Waals surface area contributed by atoms with Crippen molar-refractivity contribution in [1.82, 2.24) is 29.8 Å². The number of hydrogen-bond donors (Lipinski definition) is 3. The number of nitrogens with zero attached hydrogens (tertiary/aromatic N) is 5. The molecule has 2 aliphatic rings. The van der Waals surface area contributed by atoms with E-state index in [1.54, 1.807) is 34.8 Å². The first-order chi connectivity index (χ1) is 17.8. The van der Waals surface area contributed by atoms with Crippen LogP contribution in [0.1, 0.15) is 33.1 Å². The number of rotatable bonds is 7. The van der Waals surface area contributed by atoms with Crippen molar-refractivity contribution in [1.29, 1.82) is 0 Å². The highest BCUT2D eigenvalue weighted by molar-refractivity contribution is 7.89. The van der Waals surface area contributed by atoms with Crippen LogP contribution in [0.3, 0.4) is 0 Å². The van der Waals surface area contributed by atoms with Crippen LogP contribution >= 0.6 is 0 Å². The molecule has 4 heterocycles. The van der Waals surface area contributed by atoms with Crippen LogP contribution in [-0.2, 0) is 14.8 Å². The number of nitrogens with one attached hydrogen (secondary N) is 3. The molecule has 1 amide bonds. The van der Waals surface area contributed by atoms with Crippen molar-refractivity contribution in [2.45, 2.75) is 44.0 Å². The van der Waals surface area contributed by atoms with Crippen LogP contribution in [0.15, 0.2) is 41.7 Å². The van der Waals surface area contributed by atoms with Gasteiger partial charge in [0.1, 0.15) is 17.0 Å². The molecular formula is C25H34N8O3S.